The van der Waals surface area contributed by atoms with Gasteiger partial charge in [0, 0.05) is 42.7 Å². The van der Waals surface area contributed by atoms with Crippen LogP contribution in [0.15, 0.2) is 36.5 Å². The molecule has 4 aliphatic carbocycles. The van der Waals surface area contributed by atoms with Crippen molar-refractivity contribution in [3.05, 3.63) is 47.7 Å². The molecule has 1 amide bonds. The zero-order valence-corrected chi connectivity index (χ0v) is 21.9. The number of aromatic nitrogens is 1. The van der Waals surface area contributed by atoms with Crippen LogP contribution in [-0.2, 0) is 0 Å². The van der Waals surface area contributed by atoms with Gasteiger partial charge in [0.25, 0.3) is 5.91 Å². The highest BCUT2D eigenvalue weighted by atomic mass is 19.3. The third kappa shape index (κ3) is 5.05. The van der Waals surface area contributed by atoms with Crippen LogP contribution in [0.1, 0.15) is 92.5 Å². The van der Waals surface area contributed by atoms with E-state index in [1.165, 1.54) is 5.56 Å². The smallest absolute Gasteiger partial charge is 0.255 e. The largest absolute Gasteiger partial charge is 0.390 e. The van der Waals surface area contributed by atoms with Crippen LogP contribution in [0.2, 0.25) is 0 Å². The maximum atomic E-state index is 13.6. The fourth-order valence-corrected chi connectivity index (χ4v) is 7.21. The van der Waals surface area contributed by atoms with Gasteiger partial charge in [-0.3, -0.25) is 9.69 Å². The zero-order valence-electron chi connectivity index (χ0n) is 21.9. The number of pyridine rings is 1. The Morgan fingerprint density at radius 3 is 2.29 bits per heavy atom. The van der Waals surface area contributed by atoms with E-state index in [0.29, 0.717) is 24.3 Å². The van der Waals surface area contributed by atoms with E-state index >= 15 is 0 Å². The number of hydrogen-bond donors (Lipinski definition) is 3. The highest BCUT2D eigenvalue weighted by molar-refractivity contribution is 5.99. The SMILES string of the molecule is Nc1ncc(-c2ccc(C3CCN(C4CCC(F)(F)CC4)C3)cc2)cc1C(=O)NC12CCC(O)(CC1)CC2. The lowest BCUT2D eigenvalue weighted by atomic mass is 9.63. The average Bonchev–Trinajstić information content (AvgIpc) is 3.40. The predicted octanol–water partition coefficient (Wildman–Crippen LogP) is 5.27. The fraction of sp³-hybridized carbons (Fsp3) is 0.600. The number of halogens is 2. The Balaban J connectivity index is 1.11. The summed E-state index contributed by atoms with van der Waals surface area (Å²) in [5, 5.41) is 13.7. The number of fused-ring (bicyclic) bond motifs is 3. The van der Waals surface area contributed by atoms with Crippen molar-refractivity contribution in [3.63, 3.8) is 0 Å². The molecule has 5 aliphatic rings. The van der Waals surface area contributed by atoms with Gasteiger partial charge in [-0.05, 0) is 87.4 Å². The number of benzene rings is 1. The number of aliphatic hydroxyl groups is 1. The third-order valence-electron chi connectivity index (χ3n) is 9.89. The molecule has 6 nitrogen and oxygen atoms in total. The van der Waals surface area contributed by atoms with Crippen molar-refractivity contribution in [1.29, 1.82) is 0 Å². The predicted molar refractivity (Wildman–Crippen MR) is 143 cm³/mol. The molecule has 0 radical (unpaired) electrons. The van der Waals surface area contributed by atoms with E-state index in [0.717, 1.165) is 69.2 Å². The molecule has 4 N–H and O–H groups in total. The lowest BCUT2D eigenvalue weighted by molar-refractivity contribution is -0.0702. The number of nitrogens with zero attached hydrogens (tertiary/aromatic N) is 2. The molecule has 1 aromatic heterocycles. The van der Waals surface area contributed by atoms with Crippen molar-refractivity contribution >= 4 is 11.7 Å². The minimum absolute atomic E-state index is 0.00745. The summed E-state index contributed by atoms with van der Waals surface area (Å²) in [4.78, 5) is 20.0. The van der Waals surface area contributed by atoms with Gasteiger partial charge in [-0.1, -0.05) is 24.3 Å². The number of alkyl halides is 2. The van der Waals surface area contributed by atoms with Gasteiger partial charge in [0.05, 0.1) is 11.2 Å². The molecule has 5 fully saturated rings. The van der Waals surface area contributed by atoms with Crippen molar-refractivity contribution < 1.29 is 18.7 Å². The van der Waals surface area contributed by atoms with Crippen molar-refractivity contribution in [2.45, 2.75) is 99.7 Å². The summed E-state index contributed by atoms with van der Waals surface area (Å²) in [5.41, 5.74) is 8.76. The van der Waals surface area contributed by atoms with Gasteiger partial charge in [-0.15, -0.1) is 0 Å². The first-order chi connectivity index (χ1) is 18.1. The molecule has 0 spiro atoms. The Morgan fingerprint density at radius 2 is 1.63 bits per heavy atom. The van der Waals surface area contributed by atoms with E-state index in [4.69, 9.17) is 5.73 Å². The van der Waals surface area contributed by atoms with E-state index < -0.39 is 11.5 Å². The van der Waals surface area contributed by atoms with Gasteiger partial charge in [-0.25, -0.2) is 13.8 Å². The second-order valence-electron chi connectivity index (χ2n) is 12.3. The molecule has 8 heteroatoms. The first kappa shape index (κ1) is 25.7. The van der Waals surface area contributed by atoms with Gasteiger partial charge in [-0.2, -0.15) is 0 Å². The normalized spacial score (nSPS) is 31.4. The minimum Gasteiger partial charge on any atom is -0.390 e. The van der Waals surface area contributed by atoms with Gasteiger partial charge in [0.15, 0.2) is 0 Å². The molecule has 38 heavy (non-hydrogen) atoms. The molecular weight excluding hydrogens is 486 g/mol. The number of nitrogens with one attached hydrogen (secondary N) is 1. The second-order valence-corrected chi connectivity index (χ2v) is 12.3. The molecule has 1 unspecified atom stereocenters. The molecule has 2 bridgehead atoms. The monoisotopic (exact) mass is 524 g/mol. The highest BCUT2D eigenvalue weighted by Gasteiger charge is 2.48. The number of carbonyl (C=O) groups is 1. The second kappa shape index (κ2) is 9.56. The minimum atomic E-state index is -2.48. The van der Waals surface area contributed by atoms with E-state index in [1.54, 1.807) is 6.20 Å². The molecule has 1 atom stereocenters. The molecule has 2 aromatic rings. The van der Waals surface area contributed by atoms with Crippen LogP contribution < -0.4 is 11.1 Å². The number of carbonyl (C=O) groups excluding carboxylic acids is 1. The Labute approximate surface area is 223 Å². The quantitative estimate of drug-likeness (QED) is 0.496. The highest BCUT2D eigenvalue weighted by Crippen LogP contribution is 2.47. The van der Waals surface area contributed by atoms with Crippen LogP contribution in [0.25, 0.3) is 11.1 Å². The number of likely N-dealkylation sites (tertiary alicyclic amines) is 1. The molecule has 1 aliphatic heterocycles. The zero-order chi connectivity index (χ0) is 26.5. The molecule has 4 saturated carbocycles. The summed E-state index contributed by atoms with van der Waals surface area (Å²) < 4.78 is 27.1. The number of nitrogens with two attached hydrogens (primary N) is 1. The molecular formula is C30H38F2N4O2. The van der Waals surface area contributed by atoms with Crippen molar-refractivity contribution in [3.8, 4) is 11.1 Å². The van der Waals surface area contributed by atoms with Crippen LogP contribution in [0, 0.1) is 0 Å². The van der Waals surface area contributed by atoms with E-state index in [1.807, 2.05) is 6.07 Å². The summed E-state index contributed by atoms with van der Waals surface area (Å²) in [5.74, 6) is -2.07. The van der Waals surface area contributed by atoms with Crippen LogP contribution >= 0.6 is 0 Å². The third-order valence-corrected chi connectivity index (χ3v) is 9.89. The van der Waals surface area contributed by atoms with Crippen molar-refractivity contribution in [2.75, 3.05) is 18.8 Å². The molecule has 1 saturated heterocycles. The fourth-order valence-electron chi connectivity index (χ4n) is 7.21. The molecule has 204 valence electrons. The van der Waals surface area contributed by atoms with Gasteiger partial charge < -0.3 is 16.2 Å². The summed E-state index contributed by atoms with van der Waals surface area (Å²) in [6.45, 7) is 1.88. The van der Waals surface area contributed by atoms with Gasteiger partial charge in [0.2, 0.25) is 5.92 Å². The van der Waals surface area contributed by atoms with Crippen LogP contribution in [0.4, 0.5) is 14.6 Å². The van der Waals surface area contributed by atoms with E-state index in [2.05, 4.69) is 39.5 Å². The molecule has 7 rings (SSSR count). The summed E-state index contributed by atoms with van der Waals surface area (Å²) in [6, 6.07) is 10.5. The van der Waals surface area contributed by atoms with Crippen molar-refractivity contribution in [2.24, 2.45) is 0 Å². The summed E-state index contributed by atoms with van der Waals surface area (Å²) in [7, 11) is 0. The first-order valence-corrected chi connectivity index (χ1v) is 14.2. The Bertz CT molecular complexity index is 1170. The summed E-state index contributed by atoms with van der Waals surface area (Å²) in [6.07, 6.45) is 8.47. The number of amides is 1. The van der Waals surface area contributed by atoms with Gasteiger partial charge >= 0.3 is 0 Å². The molecule has 2 heterocycles. The lowest BCUT2D eigenvalue weighted by Gasteiger charge is -2.51. The topological polar surface area (TPSA) is 91.5 Å². The molecule has 1 aromatic carbocycles. The number of hydrogen-bond acceptors (Lipinski definition) is 5. The van der Waals surface area contributed by atoms with Crippen LogP contribution in [-0.4, -0.2) is 57.1 Å². The Hall–Kier alpha value is -2.58. The standard InChI is InChI=1S/C30H38F2N4O2/c31-30(32)8-5-24(6-9-30)36-16-7-22(19-36)20-1-3-21(4-2-20)23-17-25(26(33)34-18-23)27(37)35-28-10-13-29(38,14-11-28)15-12-28/h1-4,17-18,22,24,38H,5-16,19H2,(H2,33,34)(H,35,37). The van der Waals surface area contributed by atoms with Crippen LogP contribution in [0.5, 0.6) is 0 Å². The number of nitrogen functional groups attached to an aromatic ring is 1. The maximum absolute atomic E-state index is 13.6. The first-order valence-electron chi connectivity index (χ1n) is 14.2. The Kier molecular flexibility index (Phi) is 6.46. The van der Waals surface area contributed by atoms with E-state index in [9.17, 15) is 18.7 Å². The van der Waals surface area contributed by atoms with Crippen LogP contribution in [0.3, 0.4) is 0 Å². The number of anilines is 1. The number of rotatable bonds is 5. The van der Waals surface area contributed by atoms with Gasteiger partial charge in [0.1, 0.15) is 5.82 Å². The average molecular weight is 525 g/mol. The summed E-state index contributed by atoms with van der Waals surface area (Å²) >= 11 is 0. The Morgan fingerprint density at radius 1 is 0.974 bits per heavy atom. The van der Waals surface area contributed by atoms with Crippen molar-refractivity contribution in [1.82, 2.24) is 15.2 Å². The lowest BCUT2D eigenvalue weighted by Crippen LogP contribution is -2.58. The maximum Gasteiger partial charge on any atom is 0.255 e. The van der Waals surface area contributed by atoms with E-state index in [-0.39, 0.29) is 36.1 Å².